The lowest BCUT2D eigenvalue weighted by molar-refractivity contribution is -0.117. The zero-order chi connectivity index (χ0) is 11.5. The molecule has 1 aliphatic rings. The van der Waals surface area contributed by atoms with Crippen molar-refractivity contribution in [1.29, 1.82) is 0 Å². The standard InChI is InChI=1S/C11H12Br2N2O/c12-8-1-2-10(9(13)4-8)15-11(16)3-7-5-14-6-7/h1-2,4,7,14H,3,5-6H2,(H,15,16). The van der Waals surface area contributed by atoms with Crippen molar-refractivity contribution < 1.29 is 4.79 Å². The number of hydrogen-bond acceptors (Lipinski definition) is 2. The summed E-state index contributed by atoms with van der Waals surface area (Å²) in [5, 5.41) is 6.06. The van der Waals surface area contributed by atoms with Gasteiger partial charge in [0, 0.05) is 15.4 Å². The fraction of sp³-hybridized carbons (Fsp3) is 0.364. The molecule has 0 radical (unpaired) electrons. The monoisotopic (exact) mass is 346 g/mol. The highest BCUT2D eigenvalue weighted by atomic mass is 79.9. The minimum Gasteiger partial charge on any atom is -0.325 e. The molecule has 1 aliphatic heterocycles. The molecule has 16 heavy (non-hydrogen) atoms. The molecular formula is C11H12Br2N2O. The Balaban J connectivity index is 1.94. The maximum atomic E-state index is 11.7. The Labute approximate surface area is 111 Å². The number of nitrogens with one attached hydrogen (secondary N) is 2. The van der Waals surface area contributed by atoms with Crippen LogP contribution in [-0.2, 0) is 4.79 Å². The molecule has 0 atom stereocenters. The molecule has 0 spiro atoms. The molecule has 1 aromatic rings. The van der Waals surface area contributed by atoms with Crippen LogP contribution in [0.4, 0.5) is 5.69 Å². The van der Waals surface area contributed by atoms with Gasteiger partial charge >= 0.3 is 0 Å². The number of rotatable bonds is 3. The number of carbonyl (C=O) groups excluding carboxylic acids is 1. The van der Waals surface area contributed by atoms with E-state index in [9.17, 15) is 4.79 Å². The Kier molecular flexibility index (Phi) is 4.00. The third-order valence-electron chi connectivity index (χ3n) is 2.55. The van der Waals surface area contributed by atoms with Crippen LogP contribution in [0, 0.1) is 5.92 Å². The highest BCUT2D eigenvalue weighted by Crippen LogP contribution is 2.26. The van der Waals surface area contributed by atoms with Crippen molar-refractivity contribution in [3.8, 4) is 0 Å². The lowest BCUT2D eigenvalue weighted by atomic mass is 9.99. The zero-order valence-electron chi connectivity index (χ0n) is 8.59. The number of carbonyl (C=O) groups is 1. The molecule has 1 amide bonds. The van der Waals surface area contributed by atoms with Crippen LogP contribution < -0.4 is 10.6 Å². The summed E-state index contributed by atoms with van der Waals surface area (Å²) in [6.45, 7) is 1.91. The lowest BCUT2D eigenvalue weighted by Crippen LogP contribution is -2.43. The number of anilines is 1. The van der Waals surface area contributed by atoms with Crippen molar-refractivity contribution in [2.24, 2.45) is 5.92 Å². The van der Waals surface area contributed by atoms with Gasteiger partial charge in [-0.2, -0.15) is 0 Å². The van der Waals surface area contributed by atoms with E-state index in [0.717, 1.165) is 27.7 Å². The molecular weight excluding hydrogens is 336 g/mol. The largest absolute Gasteiger partial charge is 0.325 e. The van der Waals surface area contributed by atoms with E-state index < -0.39 is 0 Å². The summed E-state index contributed by atoms with van der Waals surface area (Å²) in [4.78, 5) is 11.7. The Morgan fingerprint density at radius 3 is 2.75 bits per heavy atom. The SMILES string of the molecule is O=C(CC1CNC1)Nc1ccc(Br)cc1Br. The second-order valence-corrected chi connectivity index (χ2v) is 5.67. The van der Waals surface area contributed by atoms with Crippen LogP contribution in [0.2, 0.25) is 0 Å². The van der Waals surface area contributed by atoms with E-state index in [1.165, 1.54) is 0 Å². The number of benzene rings is 1. The summed E-state index contributed by atoms with van der Waals surface area (Å²) >= 11 is 6.79. The summed E-state index contributed by atoms with van der Waals surface area (Å²) < 4.78 is 1.88. The molecule has 2 rings (SSSR count). The first kappa shape index (κ1) is 12.1. The first-order valence-corrected chi connectivity index (χ1v) is 6.69. The van der Waals surface area contributed by atoms with Crippen LogP contribution in [0.25, 0.3) is 0 Å². The number of amides is 1. The van der Waals surface area contributed by atoms with Crippen molar-refractivity contribution in [2.75, 3.05) is 18.4 Å². The average molecular weight is 348 g/mol. The van der Waals surface area contributed by atoms with Crippen LogP contribution in [0.1, 0.15) is 6.42 Å². The Bertz CT molecular complexity index is 405. The topological polar surface area (TPSA) is 41.1 Å². The Hall–Kier alpha value is -0.390. The van der Waals surface area contributed by atoms with Gasteiger partial charge in [0.25, 0.3) is 0 Å². The molecule has 1 heterocycles. The van der Waals surface area contributed by atoms with Crippen molar-refractivity contribution >= 4 is 43.5 Å². The number of halogens is 2. The fourth-order valence-electron chi connectivity index (χ4n) is 1.55. The summed E-state index contributed by atoms with van der Waals surface area (Å²) in [6, 6.07) is 5.71. The third kappa shape index (κ3) is 3.06. The molecule has 86 valence electrons. The van der Waals surface area contributed by atoms with Gasteiger partial charge in [-0.05, 0) is 53.1 Å². The van der Waals surface area contributed by atoms with Gasteiger partial charge in [0.15, 0.2) is 0 Å². The van der Waals surface area contributed by atoms with E-state index in [0.29, 0.717) is 12.3 Å². The Morgan fingerprint density at radius 2 is 2.19 bits per heavy atom. The highest BCUT2D eigenvalue weighted by molar-refractivity contribution is 9.11. The minimum atomic E-state index is 0.0783. The van der Waals surface area contributed by atoms with Crippen LogP contribution in [0.3, 0.4) is 0 Å². The second-order valence-electron chi connectivity index (χ2n) is 3.90. The summed E-state index contributed by atoms with van der Waals surface area (Å²) in [5.74, 6) is 0.573. The highest BCUT2D eigenvalue weighted by Gasteiger charge is 2.20. The van der Waals surface area contributed by atoms with Gasteiger partial charge in [-0.3, -0.25) is 4.79 Å². The molecule has 1 aromatic carbocycles. The molecule has 1 saturated heterocycles. The Morgan fingerprint density at radius 1 is 1.44 bits per heavy atom. The van der Waals surface area contributed by atoms with E-state index in [-0.39, 0.29) is 5.91 Å². The van der Waals surface area contributed by atoms with Crippen molar-refractivity contribution in [1.82, 2.24) is 5.32 Å². The van der Waals surface area contributed by atoms with E-state index >= 15 is 0 Å². The summed E-state index contributed by atoms with van der Waals surface area (Å²) in [6.07, 6.45) is 0.593. The normalized spacial score (nSPS) is 15.6. The fourth-order valence-corrected chi connectivity index (χ4v) is 2.69. The van der Waals surface area contributed by atoms with Crippen molar-refractivity contribution in [3.63, 3.8) is 0 Å². The van der Waals surface area contributed by atoms with Gasteiger partial charge in [-0.15, -0.1) is 0 Å². The first-order chi connectivity index (χ1) is 7.65. The average Bonchev–Trinajstić information content (AvgIpc) is 2.16. The van der Waals surface area contributed by atoms with Crippen molar-refractivity contribution in [3.05, 3.63) is 27.1 Å². The number of hydrogen-bond donors (Lipinski definition) is 2. The van der Waals surface area contributed by atoms with Crippen LogP contribution in [-0.4, -0.2) is 19.0 Å². The van der Waals surface area contributed by atoms with Gasteiger partial charge in [0.1, 0.15) is 0 Å². The van der Waals surface area contributed by atoms with Crippen LogP contribution in [0.15, 0.2) is 27.1 Å². The molecule has 0 aromatic heterocycles. The molecule has 0 saturated carbocycles. The predicted octanol–water partition coefficient (Wildman–Crippen LogP) is 2.76. The van der Waals surface area contributed by atoms with E-state index in [1.54, 1.807) is 0 Å². The first-order valence-electron chi connectivity index (χ1n) is 5.11. The van der Waals surface area contributed by atoms with E-state index in [1.807, 2.05) is 18.2 Å². The van der Waals surface area contributed by atoms with Crippen LogP contribution in [0.5, 0.6) is 0 Å². The maximum absolute atomic E-state index is 11.7. The van der Waals surface area contributed by atoms with E-state index in [2.05, 4.69) is 42.5 Å². The molecule has 0 bridgehead atoms. The predicted molar refractivity (Wildman–Crippen MR) is 71.4 cm³/mol. The van der Waals surface area contributed by atoms with Gasteiger partial charge in [-0.1, -0.05) is 15.9 Å². The lowest BCUT2D eigenvalue weighted by Gasteiger charge is -2.26. The second kappa shape index (κ2) is 5.29. The van der Waals surface area contributed by atoms with Gasteiger partial charge < -0.3 is 10.6 Å². The maximum Gasteiger partial charge on any atom is 0.224 e. The smallest absolute Gasteiger partial charge is 0.224 e. The van der Waals surface area contributed by atoms with E-state index in [4.69, 9.17) is 0 Å². The van der Waals surface area contributed by atoms with Crippen LogP contribution >= 0.6 is 31.9 Å². The third-order valence-corrected chi connectivity index (χ3v) is 3.69. The van der Waals surface area contributed by atoms with Gasteiger partial charge in [0.2, 0.25) is 5.91 Å². The molecule has 2 N–H and O–H groups in total. The van der Waals surface area contributed by atoms with Gasteiger partial charge in [0.05, 0.1) is 5.69 Å². The molecule has 3 nitrogen and oxygen atoms in total. The quantitative estimate of drug-likeness (QED) is 0.882. The molecule has 1 fully saturated rings. The minimum absolute atomic E-state index is 0.0783. The summed E-state index contributed by atoms with van der Waals surface area (Å²) in [5.41, 5.74) is 0.820. The molecule has 5 heteroatoms. The van der Waals surface area contributed by atoms with Gasteiger partial charge in [-0.25, -0.2) is 0 Å². The molecule has 0 unspecified atom stereocenters. The molecule has 0 aliphatic carbocycles. The summed E-state index contributed by atoms with van der Waals surface area (Å²) in [7, 11) is 0. The zero-order valence-corrected chi connectivity index (χ0v) is 11.8. The van der Waals surface area contributed by atoms with Crippen molar-refractivity contribution in [2.45, 2.75) is 6.42 Å².